The molecule has 0 aliphatic carbocycles. The highest BCUT2D eigenvalue weighted by Crippen LogP contribution is 2.42. The third-order valence-electron chi connectivity index (χ3n) is 5.64. The second kappa shape index (κ2) is 8.89. The smallest absolute Gasteiger partial charge is 0.151 e. The van der Waals surface area contributed by atoms with Crippen molar-refractivity contribution >= 4 is 5.78 Å². The van der Waals surface area contributed by atoms with Crippen LogP contribution in [0.15, 0.2) is 104 Å². The zero-order chi connectivity index (χ0) is 20.8. The summed E-state index contributed by atoms with van der Waals surface area (Å²) in [4.78, 5) is 20.6. The van der Waals surface area contributed by atoms with Crippen LogP contribution in [0, 0.1) is 0 Å². The van der Waals surface area contributed by atoms with Gasteiger partial charge in [-0.1, -0.05) is 91.0 Å². The summed E-state index contributed by atoms with van der Waals surface area (Å²) >= 11 is 0. The largest absolute Gasteiger partial charge is 0.351 e. The Bertz CT molecular complexity index is 965. The van der Waals surface area contributed by atoms with Crippen molar-refractivity contribution in [1.29, 1.82) is 0 Å². The Labute approximate surface area is 176 Å². The fourth-order valence-electron chi connectivity index (χ4n) is 4.11. The van der Waals surface area contributed by atoms with Crippen LogP contribution in [0.1, 0.15) is 28.8 Å². The number of H-pyrrole nitrogens is 1. The highest BCUT2D eigenvalue weighted by atomic mass is 16.1. The van der Waals surface area contributed by atoms with E-state index in [0.717, 1.165) is 22.4 Å². The first-order chi connectivity index (χ1) is 14.7. The fraction of sp³-hybridized carbons (Fsp3) is 0.154. The van der Waals surface area contributed by atoms with Crippen LogP contribution in [-0.2, 0) is 16.6 Å². The van der Waals surface area contributed by atoms with E-state index in [1.54, 1.807) is 12.5 Å². The van der Waals surface area contributed by atoms with Crippen molar-refractivity contribution in [2.45, 2.75) is 24.3 Å². The molecule has 0 unspecified atom stereocenters. The maximum Gasteiger partial charge on any atom is 0.151 e. The molecule has 0 spiro atoms. The minimum Gasteiger partial charge on any atom is -0.351 e. The molecule has 0 aliphatic heterocycles. The highest BCUT2D eigenvalue weighted by molar-refractivity contribution is 5.87. The third-order valence-corrected chi connectivity index (χ3v) is 5.64. The number of carbonyl (C=O) groups is 1. The van der Waals surface area contributed by atoms with E-state index in [-0.39, 0.29) is 12.2 Å². The Kier molecular flexibility index (Phi) is 5.87. The van der Waals surface area contributed by atoms with Crippen LogP contribution in [-0.4, -0.2) is 21.8 Å². The number of nitrogens with zero attached hydrogens (tertiary/aromatic N) is 1. The lowest BCUT2D eigenvalue weighted by atomic mass is 9.66. The monoisotopic (exact) mass is 395 g/mol. The Morgan fingerprint density at radius 2 is 1.30 bits per heavy atom. The Hall–Kier alpha value is -3.50. The number of imidazole rings is 1. The van der Waals surface area contributed by atoms with Gasteiger partial charge in [-0.05, 0) is 16.7 Å². The number of nitrogens with one attached hydrogen (secondary N) is 1. The van der Waals surface area contributed by atoms with Crippen molar-refractivity contribution in [1.82, 2.24) is 9.97 Å². The van der Waals surface area contributed by atoms with E-state index in [4.69, 9.17) is 5.73 Å². The number of hydrogen-bond donors (Lipinski definition) is 2. The third kappa shape index (κ3) is 3.95. The van der Waals surface area contributed by atoms with Gasteiger partial charge in [0.2, 0.25) is 0 Å². The van der Waals surface area contributed by atoms with E-state index >= 15 is 0 Å². The van der Waals surface area contributed by atoms with Crippen molar-refractivity contribution in [3.63, 3.8) is 0 Å². The summed E-state index contributed by atoms with van der Waals surface area (Å²) in [6, 6.07) is 30.0. The zero-order valence-electron chi connectivity index (χ0n) is 16.7. The molecule has 0 fully saturated rings. The van der Waals surface area contributed by atoms with Gasteiger partial charge in [0, 0.05) is 19.0 Å². The lowest BCUT2D eigenvalue weighted by molar-refractivity contribution is -0.121. The minimum absolute atomic E-state index is 0.00885. The van der Waals surface area contributed by atoms with Gasteiger partial charge in [-0.2, -0.15) is 0 Å². The number of rotatable bonds is 8. The number of ketones is 1. The molecular formula is C26H25N3O. The lowest BCUT2D eigenvalue weighted by Gasteiger charge is -2.36. The van der Waals surface area contributed by atoms with Gasteiger partial charge >= 0.3 is 0 Å². The van der Waals surface area contributed by atoms with Gasteiger partial charge < -0.3 is 10.7 Å². The topological polar surface area (TPSA) is 71.8 Å². The molecule has 4 heteroatoms. The second-order valence-corrected chi connectivity index (χ2v) is 7.52. The summed E-state index contributed by atoms with van der Waals surface area (Å²) in [5.41, 5.74) is 9.73. The summed E-state index contributed by atoms with van der Waals surface area (Å²) in [6.07, 6.45) is 4.08. The van der Waals surface area contributed by atoms with Crippen molar-refractivity contribution in [3.05, 3.63) is 126 Å². The molecule has 3 aromatic carbocycles. The summed E-state index contributed by atoms with van der Waals surface area (Å²) < 4.78 is 0. The van der Waals surface area contributed by atoms with Crippen molar-refractivity contribution in [2.24, 2.45) is 5.73 Å². The predicted octanol–water partition coefficient (Wildman–Crippen LogP) is 4.27. The molecule has 3 N–H and O–H groups in total. The van der Waals surface area contributed by atoms with Gasteiger partial charge in [0.05, 0.1) is 23.5 Å². The summed E-state index contributed by atoms with van der Waals surface area (Å²) in [6.45, 7) is 0. The number of carbonyl (C=O) groups excluding carboxylic acids is 1. The summed E-state index contributed by atoms with van der Waals surface area (Å²) in [5.74, 6) is 0.00885. The van der Waals surface area contributed by atoms with E-state index in [0.29, 0.717) is 6.42 Å². The first-order valence-corrected chi connectivity index (χ1v) is 10.1. The van der Waals surface area contributed by atoms with Gasteiger partial charge in [0.1, 0.15) is 0 Å². The molecule has 1 heterocycles. The lowest BCUT2D eigenvalue weighted by Crippen LogP contribution is -2.40. The highest BCUT2D eigenvalue weighted by Gasteiger charge is 2.39. The van der Waals surface area contributed by atoms with Crippen LogP contribution in [0.25, 0.3) is 0 Å². The average Bonchev–Trinajstić information content (AvgIpc) is 3.32. The van der Waals surface area contributed by atoms with Crippen LogP contribution in [0.5, 0.6) is 0 Å². The van der Waals surface area contributed by atoms with Gasteiger partial charge in [-0.15, -0.1) is 0 Å². The standard InChI is InChI=1S/C26H25N3O/c27-24(16-23-18-28-19-29-23)25(30)17-26(20-10-4-1-5-11-20,21-12-6-2-7-13-21)22-14-8-3-9-15-22/h1-15,18-19,24H,16-17,27H2,(H,28,29)/t24-/m0/s1. The molecule has 0 aliphatic rings. The maximum atomic E-state index is 13.4. The molecule has 4 aromatic rings. The normalized spacial score (nSPS) is 12.4. The van der Waals surface area contributed by atoms with Crippen LogP contribution >= 0.6 is 0 Å². The molecule has 1 atom stereocenters. The predicted molar refractivity (Wildman–Crippen MR) is 119 cm³/mol. The Morgan fingerprint density at radius 3 is 1.70 bits per heavy atom. The van der Waals surface area contributed by atoms with Gasteiger partial charge in [-0.25, -0.2) is 4.98 Å². The SMILES string of the molecule is N[C@@H](Cc1c[nH]cn1)C(=O)CC(c1ccccc1)(c1ccccc1)c1ccccc1. The zero-order valence-corrected chi connectivity index (χ0v) is 16.7. The van der Waals surface area contributed by atoms with Crippen LogP contribution < -0.4 is 5.73 Å². The van der Waals surface area contributed by atoms with Crippen molar-refractivity contribution < 1.29 is 4.79 Å². The molecule has 0 bridgehead atoms. The van der Waals surface area contributed by atoms with Crippen molar-refractivity contribution in [3.8, 4) is 0 Å². The minimum atomic E-state index is -0.621. The Balaban J connectivity index is 1.81. The molecule has 4 nitrogen and oxygen atoms in total. The van der Waals surface area contributed by atoms with Crippen LogP contribution in [0.3, 0.4) is 0 Å². The van der Waals surface area contributed by atoms with Crippen LogP contribution in [0.2, 0.25) is 0 Å². The van der Waals surface area contributed by atoms with E-state index < -0.39 is 11.5 Å². The molecule has 0 amide bonds. The molecule has 0 saturated carbocycles. The first-order valence-electron chi connectivity index (χ1n) is 10.1. The van der Waals surface area contributed by atoms with Crippen molar-refractivity contribution in [2.75, 3.05) is 0 Å². The molecule has 0 saturated heterocycles. The maximum absolute atomic E-state index is 13.4. The van der Waals surface area contributed by atoms with E-state index in [9.17, 15) is 4.79 Å². The quantitative estimate of drug-likeness (QED) is 0.438. The summed E-state index contributed by atoms with van der Waals surface area (Å²) in [7, 11) is 0. The number of aromatic amines is 1. The molecule has 0 radical (unpaired) electrons. The van der Waals surface area contributed by atoms with E-state index in [1.165, 1.54) is 0 Å². The Morgan fingerprint density at radius 1 is 0.833 bits per heavy atom. The summed E-state index contributed by atoms with van der Waals surface area (Å²) in [5, 5.41) is 0. The number of aromatic nitrogens is 2. The second-order valence-electron chi connectivity index (χ2n) is 7.52. The molecule has 150 valence electrons. The number of nitrogens with two attached hydrogens (primary N) is 1. The van der Waals surface area contributed by atoms with Gasteiger partial charge in [0.25, 0.3) is 0 Å². The molecule has 1 aromatic heterocycles. The van der Waals surface area contributed by atoms with Gasteiger partial charge in [-0.3, -0.25) is 4.79 Å². The average molecular weight is 396 g/mol. The number of benzene rings is 3. The van der Waals surface area contributed by atoms with Crippen LogP contribution in [0.4, 0.5) is 0 Å². The molecule has 4 rings (SSSR count). The van der Waals surface area contributed by atoms with E-state index in [1.807, 2.05) is 54.6 Å². The number of Topliss-reactive ketones (excluding diaryl/α,β-unsaturated/α-hetero) is 1. The first kappa shape index (κ1) is 19.8. The number of hydrogen-bond acceptors (Lipinski definition) is 3. The molecular weight excluding hydrogens is 370 g/mol. The van der Waals surface area contributed by atoms with Gasteiger partial charge in [0.15, 0.2) is 5.78 Å². The molecule has 30 heavy (non-hydrogen) atoms. The fourth-order valence-corrected chi connectivity index (χ4v) is 4.11. The van der Waals surface area contributed by atoms with E-state index in [2.05, 4.69) is 46.4 Å².